The summed E-state index contributed by atoms with van der Waals surface area (Å²) in [6, 6.07) is 28.9. The van der Waals surface area contributed by atoms with E-state index >= 15 is 0 Å². The molecule has 0 aliphatic carbocycles. The van der Waals surface area contributed by atoms with Crippen molar-refractivity contribution in [2.75, 3.05) is 18.0 Å². The molecule has 0 atom stereocenters. The molecule has 1 aromatic heterocycles. The Labute approximate surface area is 258 Å². The average Bonchev–Trinajstić information content (AvgIpc) is 2.96. The zero-order chi connectivity index (χ0) is 28.1. The maximum atomic E-state index is 4.04. The van der Waals surface area contributed by atoms with Crippen molar-refractivity contribution >= 4 is 50.3 Å². The van der Waals surface area contributed by atoms with Crippen molar-refractivity contribution in [2.24, 2.45) is 0 Å². The molecule has 5 rings (SSSR count). The molecule has 0 saturated heterocycles. The molecule has 0 unspecified atom stereocenters. The first kappa shape index (κ1) is 30.4. The number of para-hydroxylation sites is 1. The second kappa shape index (κ2) is 13.9. The van der Waals surface area contributed by atoms with Gasteiger partial charge in [0.2, 0.25) is 5.52 Å². The van der Waals surface area contributed by atoms with Crippen molar-refractivity contribution in [1.29, 1.82) is 0 Å². The van der Waals surface area contributed by atoms with Crippen LogP contribution in [-0.2, 0) is 26.3 Å². The van der Waals surface area contributed by atoms with Crippen LogP contribution in [0, 0.1) is 6.92 Å². The molecule has 0 N–H and O–H groups in total. The Bertz CT molecular complexity index is 1730. The van der Waals surface area contributed by atoms with Gasteiger partial charge in [-0.3, -0.25) is 0 Å². The molecule has 5 aromatic rings. The zero-order valence-corrected chi connectivity index (χ0v) is 27.2. The van der Waals surface area contributed by atoms with E-state index in [0.29, 0.717) is 0 Å². The minimum absolute atomic E-state index is 0. The van der Waals surface area contributed by atoms with Gasteiger partial charge in [-0.2, -0.15) is 0 Å². The van der Waals surface area contributed by atoms with Gasteiger partial charge in [0.05, 0.1) is 5.39 Å². The number of fused-ring (bicyclic) bond motifs is 4. The Hall–Kier alpha value is -3.53. The number of hydrogen-bond acceptors (Lipinski definition) is 1. The van der Waals surface area contributed by atoms with Gasteiger partial charge < -0.3 is 11.8 Å². The number of anilines is 1. The quantitative estimate of drug-likeness (QED) is 0.0639. The number of nitrogens with zero attached hydrogens (tertiary/aromatic N) is 2. The monoisotopic (exact) mass is 716 g/mol. The van der Waals surface area contributed by atoms with E-state index in [1.807, 2.05) is 0 Å². The molecule has 0 amide bonds. The predicted molar refractivity (Wildman–Crippen MR) is 176 cm³/mol. The fourth-order valence-corrected chi connectivity index (χ4v) is 5.32. The van der Waals surface area contributed by atoms with Crippen LogP contribution >= 0.6 is 0 Å². The van der Waals surface area contributed by atoms with E-state index in [0.717, 1.165) is 26.1 Å². The van der Waals surface area contributed by atoms with Crippen molar-refractivity contribution in [2.45, 2.75) is 40.7 Å². The normalized spacial score (nSPS) is 11.1. The molecule has 0 spiro atoms. The van der Waals surface area contributed by atoms with Gasteiger partial charge in [0.25, 0.3) is 0 Å². The summed E-state index contributed by atoms with van der Waals surface area (Å²) in [7, 11) is 0. The zero-order valence-electron chi connectivity index (χ0n) is 24.7. The third-order valence-corrected chi connectivity index (χ3v) is 7.48. The van der Waals surface area contributed by atoms with Crippen molar-refractivity contribution in [3.8, 4) is 0 Å². The number of hydrogen-bond donors (Lipinski definition) is 0. The van der Waals surface area contributed by atoms with Crippen LogP contribution in [0.4, 0.5) is 5.69 Å². The summed E-state index contributed by atoms with van der Waals surface area (Å²) in [6.07, 6.45) is 12.2. The molecule has 0 bridgehead atoms. The van der Waals surface area contributed by atoms with E-state index in [2.05, 4.69) is 153 Å². The molecule has 1 heterocycles. The molecular formula is C38H40N2Os+. The van der Waals surface area contributed by atoms with E-state index in [1.54, 1.807) is 0 Å². The third kappa shape index (κ3) is 7.04. The largest absolute Gasteiger partial charge is 1.00 e. The number of allylic oxidation sites excluding steroid dienone is 2. The van der Waals surface area contributed by atoms with Crippen LogP contribution in [0.5, 0.6) is 0 Å². The minimum atomic E-state index is 0. The second-order valence-electron chi connectivity index (χ2n) is 11.1. The molecule has 3 heteroatoms. The third-order valence-electron chi connectivity index (χ3n) is 7.48. The summed E-state index contributed by atoms with van der Waals surface area (Å²) in [4.78, 5) is 2.45. The van der Waals surface area contributed by atoms with E-state index in [-0.39, 0.29) is 19.8 Å². The van der Waals surface area contributed by atoms with E-state index in [1.165, 1.54) is 60.4 Å². The predicted octanol–water partition coefficient (Wildman–Crippen LogP) is 9.56. The molecule has 0 aliphatic heterocycles. The Morgan fingerprint density at radius 2 is 1.34 bits per heavy atom. The molecule has 0 fully saturated rings. The summed E-state index contributed by atoms with van der Waals surface area (Å²) in [5, 5.41) is 6.38. The topological polar surface area (TPSA) is 7.12 Å². The van der Waals surface area contributed by atoms with Gasteiger partial charge >= 0.3 is 19.8 Å². The van der Waals surface area contributed by atoms with Gasteiger partial charge in [0.1, 0.15) is 6.54 Å². The number of aromatic nitrogens is 1. The number of pyridine rings is 1. The smallest absolute Gasteiger partial charge is 0.364 e. The Balaban J connectivity index is 0.00000387. The van der Waals surface area contributed by atoms with Gasteiger partial charge in [0.15, 0.2) is 6.20 Å². The SMILES string of the molecule is [CH2-]CC[n+]1ccc(/C=C/c2cc3ccc(N(CC=C(C)C)CC=C(C)C)cc3c3ccccc23)c2ccccc21.[Os+]. The van der Waals surface area contributed by atoms with Crippen molar-refractivity contribution in [3.05, 3.63) is 126 Å². The van der Waals surface area contributed by atoms with E-state index in [9.17, 15) is 0 Å². The Kier molecular flexibility index (Phi) is 10.3. The van der Waals surface area contributed by atoms with Gasteiger partial charge in [-0.05, 0) is 84.6 Å². The first-order valence-corrected chi connectivity index (χ1v) is 14.3. The van der Waals surface area contributed by atoms with Crippen LogP contribution in [0.25, 0.3) is 44.6 Å². The van der Waals surface area contributed by atoms with Crippen LogP contribution in [0.2, 0.25) is 0 Å². The number of benzene rings is 4. The van der Waals surface area contributed by atoms with Gasteiger partial charge in [-0.15, -0.1) is 6.42 Å². The van der Waals surface area contributed by atoms with Crippen LogP contribution in [0.3, 0.4) is 0 Å². The minimum Gasteiger partial charge on any atom is -0.364 e. The molecule has 0 aliphatic rings. The summed E-state index contributed by atoms with van der Waals surface area (Å²) in [6.45, 7) is 15.4. The van der Waals surface area contributed by atoms with E-state index < -0.39 is 0 Å². The summed E-state index contributed by atoms with van der Waals surface area (Å²) < 4.78 is 2.29. The maximum absolute atomic E-state index is 4.04. The van der Waals surface area contributed by atoms with Gasteiger partial charge in [-0.1, -0.05) is 77.9 Å². The van der Waals surface area contributed by atoms with Crippen molar-refractivity contribution in [3.63, 3.8) is 0 Å². The van der Waals surface area contributed by atoms with Crippen LogP contribution < -0.4 is 9.47 Å². The molecule has 4 aromatic carbocycles. The van der Waals surface area contributed by atoms with Crippen LogP contribution in [0.15, 0.2) is 108 Å². The fourth-order valence-electron chi connectivity index (χ4n) is 5.32. The standard InChI is InChI=1S/C38H40N2.Os/c1-6-22-40-25-21-30(35-12-9-10-14-38(35)40)15-16-31-26-32-17-18-33(27-37(32)36-13-8-7-11-34(31)36)39(23-19-28(2)3)24-20-29(4)5;/h7-21,25-27H,1,6,22-24H2,2-5H3;/q;+1. The van der Waals surface area contributed by atoms with Crippen molar-refractivity contribution < 1.29 is 24.4 Å². The first-order valence-electron chi connectivity index (χ1n) is 14.3. The van der Waals surface area contributed by atoms with Crippen LogP contribution in [0.1, 0.15) is 45.2 Å². The van der Waals surface area contributed by atoms with E-state index in [4.69, 9.17) is 0 Å². The fraction of sp³-hybridized carbons (Fsp3) is 0.211. The Morgan fingerprint density at radius 3 is 2.02 bits per heavy atom. The second-order valence-corrected chi connectivity index (χ2v) is 11.1. The summed E-state index contributed by atoms with van der Waals surface area (Å²) >= 11 is 0. The van der Waals surface area contributed by atoms with Crippen LogP contribution in [-0.4, -0.2) is 13.1 Å². The van der Waals surface area contributed by atoms with Gasteiger partial charge in [-0.25, -0.2) is 4.57 Å². The summed E-state index contributed by atoms with van der Waals surface area (Å²) in [5.41, 5.74) is 7.64. The molecular weight excluding hydrogens is 675 g/mol. The molecule has 0 saturated carbocycles. The number of rotatable bonds is 9. The molecule has 1 radical (unpaired) electrons. The Morgan fingerprint density at radius 1 is 0.707 bits per heavy atom. The summed E-state index contributed by atoms with van der Waals surface area (Å²) in [5.74, 6) is 0. The average molecular weight is 715 g/mol. The van der Waals surface area contributed by atoms with Gasteiger partial charge in [0, 0.05) is 30.9 Å². The molecule has 2 nitrogen and oxygen atoms in total. The molecule has 41 heavy (non-hydrogen) atoms. The first-order chi connectivity index (χ1) is 19.4. The molecule has 209 valence electrons. The number of aryl methyl sites for hydroxylation is 1. The van der Waals surface area contributed by atoms with Crippen molar-refractivity contribution in [1.82, 2.24) is 0 Å². The maximum Gasteiger partial charge on any atom is 1.00 e.